The van der Waals surface area contributed by atoms with E-state index in [1.165, 1.54) is 6.07 Å². The second kappa shape index (κ2) is 5.96. The van der Waals surface area contributed by atoms with Gasteiger partial charge in [-0.15, -0.1) is 0 Å². The summed E-state index contributed by atoms with van der Waals surface area (Å²) < 4.78 is 13.9. The molecule has 1 unspecified atom stereocenters. The molecule has 0 saturated heterocycles. The highest BCUT2D eigenvalue weighted by atomic mass is 79.9. The van der Waals surface area contributed by atoms with Crippen molar-refractivity contribution in [2.45, 2.75) is 39.7 Å². The van der Waals surface area contributed by atoms with Crippen LogP contribution in [-0.4, -0.2) is 12.1 Å². The molecule has 0 saturated carbocycles. The van der Waals surface area contributed by atoms with Gasteiger partial charge in [0.05, 0.1) is 4.47 Å². The molecule has 1 rings (SSSR count). The highest BCUT2D eigenvalue weighted by Crippen LogP contribution is 2.23. The number of halogens is 2. The molecule has 0 fully saturated rings. The van der Waals surface area contributed by atoms with E-state index in [0.29, 0.717) is 10.4 Å². The third-order valence-electron chi connectivity index (χ3n) is 2.58. The van der Waals surface area contributed by atoms with Crippen LogP contribution >= 0.6 is 15.9 Å². The number of rotatable bonds is 4. The van der Waals surface area contributed by atoms with E-state index in [2.05, 4.69) is 48.9 Å². The molecule has 17 heavy (non-hydrogen) atoms. The van der Waals surface area contributed by atoms with Crippen LogP contribution in [0.2, 0.25) is 0 Å². The van der Waals surface area contributed by atoms with E-state index in [-0.39, 0.29) is 11.4 Å². The first-order valence-corrected chi connectivity index (χ1v) is 6.77. The zero-order valence-corrected chi connectivity index (χ0v) is 12.6. The Morgan fingerprint density at radius 1 is 1.35 bits per heavy atom. The minimum atomic E-state index is -0.182. The molecule has 0 aliphatic heterocycles. The number of hydrogen-bond acceptors (Lipinski definition) is 1. The third-order valence-corrected chi connectivity index (χ3v) is 3.47. The molecule has 1 aromatic rings. The van der Waals surface area contributed by atoms with Gasteiger partial charge < -0.3 is 5.32 Å². The van der Waals surface area contributed by atoms with Gasteiger partial charge >= 0.3 is 0 Å². The van der Waals surface area contributed by atoms with E-state index in [9.17, 15) is 4.39 Å². The molecule has 1 N–H and O–H groups in total. The van der Waals surface area contributed by atoms with Crippen molar-refractivity contribution in [1.29, 1.82) is 0 Å². The summed E-state index contributed by atoms with van der Waals surface area (Å²) in [6.45, 7) is 9.57. The van der Waals surface area contributed by atoms with Crippen molar-refractivity contribution >= 4 is 15.9 Å². The van der Waals surface area contributed by atoms with E-state index < -0.39 is 0 Å². The van der Waals surface area contributed by atoms with Gasteiger partial charge in [0.15, 0.2) is 0 Å². The average Bonchev–Trinajstić information content (AvgIpc) is 2.21. The fourth-order valence-electron chi connectivity index (χ4n) is 1.63. The Kier molecular flexibility index (Phi) is 5.14. The number of benzene rings is 1. The summed E-state index contributed by atoms with van der Waals surface area (Å²) in [6, 6.07) is 5.21. The molecule has 0 bridgehead atoms. The third kappa shape index (κ3) is 5.17. The lowest BCUT2D eigenvalue weighted by molar-refractivity contribution is 0.381. The maximum Gasteiger partial charge on any atom is 0.137 e. The average molecular weight is 302 g/mol. The summed E-state index contributed by atoms with van der Waals surface area (Å²) in [5.41, 5.74) is 1.17. The highest BCUT2D eigenvalue weighted by Gasteiger charge is 2.13. The second-order valence-corrected chi connectivity index (χ2v) is 6.45. The predicted molar refractivity (Wildman–Crippen MR) is 74.7 cm³/mol. The summed E-state index contributed by atoms with van der Waals surface area (Å²) in [7, 11) is 0. The molecule has 0 amide bonds. The molecule has 3 heteroatoms. The van der Waals surface area contributed by atoms with Gasteiger partial charge in [-0.2, -0.15) is 0 Å². The van der Waals surface area contributed by atoms with Crippen LogP contribution in [0.1, 0.15) is 33.3 Å². The molecule has 1 nitrogen and oxygen atoms in total. The Morgan fingerprint density at radius 2 is 2.00 bits per heavy atom. The van der Waals surface area contributed by atoms with Gasteiger partial charge in [-0.25, -0.2) is 4.39 Å². The Balaban J connectivity index is 2.56. The van der Waals surface area contributed by atoms with E-state index in [0.717, 1.165) is 18.5 Å². The summed E-state index contributed by atoms with van der Waals surface area (Å²) in [5, 5.41) is 3.47. The van der Waals surface area contributed by atoms with Crippen LogP contribution in [0.25, 0.3) is 0 Å². The van der Waals surface area contributed by atoms with Crippen LogP contribution in [-0.2, 0) is 6.42 Å². The largest absolute Gasteiger partial charge is 0.312 e. The van der Waals surface area contributed by atoms with Crippen LogP contribution in [0.3, 0.4) is 0 Å². The quantitative estimate of drug-likeness (QED) is 0.881. The van der Waals surface area contributed by atoms with E-state index >= 15 is 0 Å². The zero-order valence-electron chi connectivity index (χ0n) is 11.0. The van der Waals surface area contributed by atoms with Gasteiger partial charge in [-0.05, 0) is 67.2 Å². The molecule has 0 aliphatic rings. The Morgan fingerprint density at radius 3 is 2.59 bits per heavy atom. The Bertz CT molecular complexity index is 371. The minimum absolute atomic E-state index is 0.132. The maximum absolute atomic E-state index is 13.3. The summed E-state index contributed by atoms with van der Waals surface area (Å²) in [6.07, 6.45) is 0.876. The van der Waals surface area contributed by atoms with Gasteiger partial charge in [-0.1, -0.05) is 19.1 Å². The normalized spacial score (nSPS) is 13.8. The van der Waals surface area contributed by atoms with Crippen LogP contribution in [0.15, 0.2) is 22.7 Å². The van der Waals surface area contributed by atoms with Crippen LogP contribution in [0.4, 0.5) is 4.39 Å². The lowest BCUT2D eigenvalue weighted by Gasteiger charge is -2.23. The smallest absolute Gasteiger partial charge is 0.137 e. The standard InChI is InChI=1S/C14H21BrFN/c1-10(9-17-14(2,3)4)8-11-6-5-7-12(16)13(11)15/h5-7,10,17H,8-9H2,1-4H3. The van der Waals surface area contributed by atoms with Crippen molar-refractivity contribution < 1.29 is 4.39 Å². The van der Waals surface area contributed by atoms with E-state index in [1.807, 2.05) is 6.07 Å². The summed E-state index contributed by atoms with van der Waals surface area (Å²) >= 11 is 3.30. The Hall–Kier alpha value is -0.410. The molecular formula is C14H21BrFN. The molecule has 1 atom stereocenters. The highest BCUT2D eigenvalue weighted by molar-refractivity contribution is 9.10. The van der Waals surface area contributed by atoms with E-state index in [4.69, 9.17) is 0 Å². The first-order chi connectivity index (χ1) is 7.79. The SMILES string of the molecule is CC(CNC(C)(C)C)Cc1cccc(F)c1Br. The van der Waals surface area contributed by atoms with Crippen molar-refractivity contribution in [3.8, 4) is 0 Å². The van der Waals surface area contributed by atoms with Crippen LogP contribution in [0.5, 0.6) is 0 Å². The van der Waals surface area contributed by atoms with Gasteiger partial charge in [0.25, 0.3) is 0 Å². The van der Waals surface area contributed by atoms with Crippen molar-refractivity contribution in [1.82, 2.24) is 5.32 Å². The summed E-state index contributed by atoms with van der Waals surface area (Å²) in [5.74, 6) is 0.297. The zero-order chi connectivity index (χ0) is 13.1. The molecule has 0 spiro atoms. The fraction of sp³-hybridized carbons (Fsp3) is 0.571. The molecular weight excluding hydrogens is 281 g/mol. The summed E-state index contributed by atoms with van der Waals surface area (Å²) in [4.78, 5) is 0. The van der Waals surface area contributed by atoms with Gasteiger partial charge in [0, 0.05) is 5.54 Å². The van der Waals surface area contributed by atoms with Crippen LogP contribution < -0.4 is 5.32 Å². The lowest BCUT2D eigenvalue weighted by Crippen LogP contribution is -2.39. The van der Waals surface area contributed by atoms with E-state index in [1.54, 1.807) is 6.07 Å². The Labute approximate surface area is 112 Å². The topological polar surface area (TPSA) is 12.0 Å². The minimum Gasteiger partial charge on any atom is -0.312 e. The molecule has 0 aliphatic carbocycles. The monoisotopic (exact) mass is 301 g/mol. The van der Waals surface area contributed by atoms with Gasteiger partial charge in [-0.3, -0.25) is 0 Å². The molecule has 0 radical (unpaired) electrons. The first-order valence-electron chi connectivity index (χ1n) is 5.97. The van der Waals surface area contributed by atoms with Crippen LogP contribution in [0, 0.1) is 11.7 Å². The maximum atomic E-state index is 13.3. The molecule has 96 valence electrons. The second-order valence-electron chi connectivity index (χ2n) is 5.65. The van der Waals surface area contributed by atoms with Crippen molar-refractivity contribution in [3.63, 3.8) is 0 Å². The van der Waals surface area contributed by atoms with Crippen molar-refractivity contribution in [3.05, 3.63) is 34.1 Å². The predicted octanol–water partition coefficient (Wildman–Crippen LogP) is 4.15. The first kappa shape index (κ1) is 14.7. The van der Waals surface area contributed by atoms with Gasteiger partial charge in [0.1, 0.15) is 5.82 Å². The fourth-order valence-corrected chi connectivity index (χ4v) is 2.06. The number of hydrogen-bond donors (Lipinski definition) is 1. The number of nitrogens with one attached hydrogen (secondary N) is 1. The molecule has 0 heterocycles. The van der Waals surface area contributed by atoms with Gasteiger partial charge in [0.2, 0.25) is 0 Å². The van der Waals surface area contributed by atoms with Crippen molar-refractivity contribution in [2.75, 3.05) is 6.54 Å². The lowest BCUT2D eigenvalue weighted by atomic mass is 9.99. The molecule has 1 aromatic carbocycles. The van der Waals surface area contributed by atoms with Crippen molar-refractivity contribution in [2.24, 2.45) is 5.92 Å². The molecule has 0 aromatic heterocycles.